The molecule has 0 amide bonds. The molecule has 0 fully saturated rings. The van der Waals surface area contributed by atoms with E-state index in [0.29, 0.717) is 5.92 Å². The zero-order chi connectivity index (χ0) is 11.4. The summed E-state index contributed by atoms with van der Waals surface area (Å²) < 4.78 is 5.64. The minimum Gasteiger partial charge on any atom is -0.493 e. The van der Waals surface area contributed by atoms with Crippen molar-refractivity contribution in [1.82, 2.24) is 0 Å². The number of nitrogens with two attached hydrogens (primary N) is 1. The van der Waals surface area contributed by atoms with Gasteiger partial charge in [0.1, 0.15) is 5.75 Å². The van der Waals surface area contributed by atoms with E-state index in [0.717, 1.165) is 12.4 Å². The third-order valence-electron chi connectivity index (χ3n) is 2.32. The molecule has 0 bridgehead atoms. The van der Waals surface area contributed by atoms with Crippen molar-refractivity contribution in [3.05, 3.63) is 29.3 Å². The minimum atomic E-state index is 0.0872. The molecule has 15 heavy (non-hydrogen) atoms. The van der Waals surface area contributed by atoms with Gasteiger partial charge in [-0.2, -0.15) is 0 Å². The summed E-state index contributed by atoms with van der Waals surface area (Å²) in [5.41, 5.74) is 8.23. The van der Waals surface area contributed by atoms with Gasteiger partial charge in [-0.25, -0.2) is 0 Å². The van der Waals surface area contributed by atoms with Gasteiger partial charge in [0.25, 0.3) is 0 Å². The molecule has 1 aromatic carbocycles. The molecule has 0 aliphatic rings. The van der Waals surface area contributed by atoms with Crippen molar-refractivity contribution in [3.63, 3.8) is 0 Å². The highest BCUT2D eigenvalue weighted by Crippen LogP contribution is 2.21. The van der Waals surface area contributed by atoms with Crippen LogP contribution in [-0.4, -0.2) is 6.61 Å². The molecule has 0 saturated heterocycles. The summed E-state index contributed by atoms with van der Waals surface area (Å²) >= 11 is 0. The summed E-state index contributed by atoms with van der Waals surface area (Å²) in [5.74, 6) is 1.49. The highest BCUT2D eigenvalue weighted by molar-refractivity contribution is 5.36. The van der Waals surface area contributed by atoms with Gasteiger partial charge < -0.3 is 10.5 Å². The van der Waals surface area contributed by atoms with Gasteiger partial charge in [0, 0.05) is 6.04 Å². The van der Waals surface area contributed by atoms with Gasteiger partial charge in [0.05, 0.1) is 6.61 Å². The van der Waals surface area contributed by atoms with Crippen LogP contribution in [0.15, 0.2) is 18.2 Å². The predicted molar refractivity (Wildman–Crippen MR) is 64.1 cm³/mol. The maximum absolute atomic E-state index is 5.85. The molecule has 0 heterocycles. The Hall–Kier alpha value is -1.02. The average molecular weight is 207 g/mol. The van der Waals surface area contributed by atoms with Crippen LogP contribution in [0, 0.1) is 12.8 Å². The van der Waals surface area contributed by atoms with Crippen LogP contribution in [-0.2, 0) is 0 Å². The molecule has 0 aliphatic carbocycles. The van der Waals surface area contributed by atoms with Crippen LogP contribution in [0.1, 0.15) is 37.9 Å². The van der Waals surface area contributed by atoms with Gasteiger partial charge in [0.2, 0.25) is 0 Å². The molecule has 84 valence electrons. The third-order valence-corrected chi connectivity index (χ3v) is 2.32. The zero-order valence-corrected chi connectivity index (χ0v) is 10.1. The summed E-state index contributed by atoms with van der Waals surface area (Å²) in [5, 5.41) is 0. The fourth-order valence-electron chi connectivity index (χ4n) is 1.51. The molecule has 2 heteroatoms. The lowest BCUT2D eigenvalue weighted by Gasteiger charge is -2.13. The van der Waals surface area contributed by atoms with E-state index in [1.54, 1.807) is 0 Å². The van der Waals surface area contributed by atoms with Gasteiger partial charge in [-0.1, -0.05) is 19.9 Å². The molecule has 1 rings (SSSR count). The number of hydrogen-bond acceptors (Lipinski definition) is 2. The molecule has 1 atom stereocenters. The normalized spacial score (nSPS) is 12.9. The van der Waals surface area contributed by atoms with Crippen LogP contribution in [0.25, 0.3) is 0 Å². The van der Waals surface area contributed by atoms with Crippen LogP contribution in [0.3, 0.4) is 0 Å². The predicted octanol–water partition coefficient (Wildman–Crippen LogP) is 3.05. The molecule has 1 aromatic rings. The van der Waals surface area contributed by atoms with Crippen molar-refractivity contribution in [3.8, 4) is 5.75 Å². The van der Waals surface area contributed by atoms with Crippen molar-refractivity contribution in [2.24, 2.45) is 11.7 Å². The largest absolute Gasteiger partial charge is 0.493 e. The number of benzene rings is 1. The van der Waals surface area contributed by atoms with Gasteiger partial charge in [-0.3, -0.25) is 0 Å². The van der Waals surface area contributed by atoms with Crippen LogP contribution < -0.4 is 10.5 Å². The first-order valence-electron chi connectivity index (χ1n) is 5.49. The summed E-state index contributed by atoms with van der Waals surface area (Å²) in [6.45, 7) is 9.11. The Morgan fingerprint density at radius 1 is 1.27 bits per heavy atom. The average Bonchev–Trinajstić information content (AvgIpc) is 2.14. The molecule has 0 radical (unpaired) electrons. The van der Waals surface area contributed by atoms with E-state index in [9.17, 15) is 0 Å². The maximum Gasteiger partial charge on any atom is 0.119 e. The van der Waals surface area contributed by atoms with E-state index in [-0.39, 0.29) is 6.04 Å². The molecule has 0 saturated carbocycles. The first kappa shape index (κ1) is 12.1. The summed E-state index contributed by atoms with van der Waals surface area (Å²) in [7, 11) is 0. The van der Waals surface area contributed by atoms with Crippen molar-refractivity contribution in [1.29, 1.82) is 0 Å². The highest BCUT2D eigenvalue weighted by atomic mass is 16.5. The van der Waals surface area contributed by atoms with Crippen molar-refractivity contribution < 1.29 is 4.74 Å². The summed E-state index contributed by atoms with van der Waals surface area (Å²) in [4.78, 5) is 0. The standard InChI is InChI=1S/C13H21NO/c1-9(2)8-15-12-5-6-13(11(4)14)10(3)7-12/h5-7,9,11H,8,14H2,1-4H3/t11-/m0/s1. The summed E-state index contributed by atoms with van der Waals surface area (Å²) in [6, 6.07) is 6.19. The minimum absolute atomic E-state index is 0.0872. The van der Waals surface area contributed by atoms with Gasteiger partial charge in [-0.15, -0.1) is 0 Å². The van der Waals surface area contributed by atoms with Crippen LogP contribution in [0.5, 0.6) is 5.75 Å². The zero-order valence-electron chi connectivity index (χ0n) is 10.1. The fraction of sp³-hybridized carbons (Fsp3) is 0.538. The molecule has 2 nitrogen and oxygen atoms in total. The second kappa shape index (κ2) is 5.17. The maximum atomic E-state index is 5.85. The topological polar surface area (TPSA) is 35.2 Å². The molecule has 0 unspecified atom stereocenters. The summed E-state index contributed by atoms with van der Waals surface area (Å²) in [6.07, 6.45) is 0. The first-order chi connectivity index (χ1) is 7.00. The van der Waals surface area contributed by atoms with E-state index in [4.69, 9.17) is 10.5 Å². The third kappa shape index (κ3) is 3.56. The van der Waals surface area contributed by atoms with Crippen molar-refractivity contribution in [2.75, 3.05) is 6.61 Å². The van der Waals surface area contributed by atoms with E-state index in [1.807, 2.05) is 13.0 Å². The van der Waals surface area contributed by atoms with E-state index in [2.05, 4.69) is 32.9 Å². The number of ether oxygens (including phenoxy) is 1. The lowest BCUT2D eigenvalue weighted by atomic mass is 10.0. The van der Waals surface area contributed by atoms with E-state index >= 15 is 0 Å². The first-order valence-corrected chi connectivity index (χ1v) is 5.49. The molecule has 2 N–H and O–H groups in total. The Morgan fingerprint density at radius 2 is 1.93 bits per heavy atom. The number of aryl methyl sites for hydroxylation is 1. The SMILES string of the molecule is Cc1cc(OCC(C)C)ccc1[C@H](C)N. The van der Waals surface area contributed by atoms with Crippen LogP contribution in [0.4, 0.5) is 0 Å². The highest BCUT2D eigenvalue weighted by Gasteiger charge is 2.05. The smallest absolute Gasteiger partial charge is 0.119 e. The number of rotatable bonds is 4. The van der Waals surface area contributed by atoms with Gasteiger partial charge >= 0.3 is 0 Å². The van der Waals surface area contributed by atoms with E-state index < -0.39 is 0 Å². The molecule has 0 spiro atoms. The van der Waals surface area contributed by atoms with Gasteiger partial charge in [0.15, 0.2) is 0 Å². The molecular formula is C13H21NO. The van der Waals surface area contributed by atoms with Crippen molar-refractivity contribution >= 4 is 0 Å². The van der Waals surface area contributed by atoms with E-state index in [1.165, 1.54) is 11.1 Å². The monoisotopic (exact) mass is 207 g/mol. The Labute approximate surface area is 92.4 Å². The Morgan fingerprint density at radius 3 is 2.40 bits per heavy atom. The quantitative estimate of drug-likeness (QED) is 0.823. The van der Waals surface area contributed by atoms with Gasteiger partial charge in [-0.05, 0) is 43.0 Å². The Balaban J connectivity index is 2.73. The van der Waals surface area contributed by atoms with Crippen LogP contribution >= 0.6 is 0 Å². The molecular weight excluding hydrogens is 186 g/mol. The molecule has 0 aliphatic heterocycles. The Kier molecular flexibility index (Phi) is 4.15. The second-order valence-electron chi connectivity index (χ2n) is 4.51. The Bertz CT molecular complexity index is 318. The lowest BCUT2D eigenvalue weighted by molar-refractivity contribution is 0.271. The lowest BCUT2D eigenvalue weighted by Crippen LogP contribution is -2.08. The van der Waals surface area contributed by atoms with Crippen LogP contribution in [0.2, 0.25) is 0 Å². The second-order valence-corrected chi connectivity index (χ2v) is 4.51. The fourth-order valence-corrected chi connectivity index (χ4v) is 1.51. The molecule has 0 aromatic heterocycles. The van der Waals surface area contributed by atoms with Crippen molar-refractivity contribution in [2.45, 2.75) is 33.7 Å². The number of hydrogen-bond donors (Lipinski definition) is 1.